The predicted octanol–water partition coefficient (Wildman–Crippen LogP) is 1.62. The summed E-state index contributed by atoms with van der Waals surface area (Å²) in [6, 6.07) is 5.52. The number of hydrogen-bond acceptors (Lipinski definition) is 9. The second-order valence-electron chi connectivity index (χ2n) is 7.61. The van der Waals surface area contributed by atoms with Crippen molar-refractivity contribution < 1.29 is 19.0 Å². The molecule has 4 rings (SSSR count). The summed E-state index contributed by atoms with van der Waals surface area (Å²) >= 11 is 0. The van der Waals surface area contributed by atoms with Crippen LogP contribution in [-0.4, -0.2) is 65.1 Å². The van der Waals surface area contributed by atoms with Gasteiger partial charge in [-0.3, -0.25) is 4.79 Å². The number of benzene rings is 1. The number of nitrogens with one attached hydrogen (secondary N) is 1. The molecule has 1 amide bonds. The molecule has 2 aromatic heterocycles. The van der Waals surface area contributed by atoms with Gasteiger partial charge in [-0.2, -0.15) is 5.10 Å². The smallest absolute Gasteiger partial charge is 0.225 e. The number of carbonyl (C=O) groups excluding carboxylic acids is 1. The molecule has 0 bridgehead atoms. The number of hydrogen-bond donors (Lipinski definition) is 1. The Bertz CT molecular complexity index is 1070. The van der Waals surface area contributed by atoms with Gasteiger partial charge in [-0.1, -0.05) is 0 Å². The van der Waals surface area contributed by atoms with E-state index < -0.39 is 0 Å². The number of piperidine rings is 1. The van der Waals surface area contributed by atoms with Crippen molar-refractivity contribution in [3.63, 3.8) is 0 Å². The molecule has 33 heavy (non-hydrogen) atoms. The first-order valence-electron chi connectivity index (χ1n) is 10.6. The molecule has 1 N–H and O–H groups in total. The van der Waals surface area contributed by atoms with Crippen molar-refractivity contribution >= 4 is 11.7 Å². The van der Waals surface area contributed by atoms with Crippen molar-refractivity contribution in [3.8, 4) is 23.1 Å². The van der Waals surface area contributed by atoms with Crippen LogP contribution in [0.2, 0.25) is 0 Å². The summed E-state index contributed by atoms with van der Waals surface area (Å²) in [5, 5.41) is 7.15. The average molecular weight is 454 g/mol. The number of nitrogens with zero attached hydrogens (tertiary/aromatic N) is 6. The van der Waals surface area contributed by atoms with Crippen molar-refractivity contribution in [1.29, 1.82) is 0 Å². The molecule has 1 aliphatic rings. The third kappa shape index (κ3) is 4.97. The van der Waals surface area contributed by atoms with E-state index in [-0.39, 0.29) is 11.8 Å². The van der Waals surface area contributed by atoms with E-state index in [0.717, 1.165) is 30.8 Å². The van der Waals surface area contributed by atoms with Crippen LogP contribution in [-0.2, 0) is 11.3 Å². The SMILES string of the molecule is COc1cc(CNC(=O)C2CCCN(c3cc(-n4cncn4)ncn3)C2)cc(OC)c1OC. The molecule has 1 aromatic carbocycles. The molecule has 11 heteroatoms. The first kappa shape index (κ1) is 22.3. The van der Waals surface area contributed by atoms with E-state index in [2.05, 4.69) is 30.3 Å². The van der Waals surface area contributed by atoms with Crippen molar-refractivity contribution in [2.24, 2.45) is 5.92 Å². The van der Waals surface area contributed by atoms with Gasteiger partial charge in [0.05, 0.1) is 27.2 Å². The van der Waals surface area contributed by atoms with E-state index in [0.29, 0.717) is 36.2 Å². The summed E-state index contributed by atoms with van der Waals surface area (Å²) in [5.74, 6) is 2.87. The molecule has 1 fully saturated rings. The molecule has 0 saturated carbocycles. The third-order valence-electron chi connectivity index (χ3n) is 5.60. The van der Waals surface area contributed by atoms with Crippen molar-refractivity contribution in [1.82, 2.24) is 30.0 Å². The summed E-state index contributed by atoms with van der Waals surface area (Å²) in [6.07, 6.45) is 6.25. The number of anilines is 1. The molecule has 1 aliphatic heterocycles. The largest absolute Gasteiger partial charge is 0.493 e. The fourth-order valence-corrected chi connectivity index (χ4v) is 3.93. The second-order valence-corrected chi connectivity index (χ2v) is 7.61. The standard InChI is InChI=1S/C22H27N7O4/c1-31-17-7-15(8-18(32-2)21(17)33-3)10-24-22(30)16-5-4-6-28(11-16)19-9-20(26-13-25-19)29-14-23-12-27-29/h7-9,12-14,16H,4-6,10-11H2,1-3H3,(H,24,30). The van der Waals surface area contributed by atoms with E-state index in [9.17, 15) is 4.79 Å². The Balaban J connectivity index is 1.41. The molecule has 3 aromatic rings. The van der Waals surface area contributed by atoms with Gasteiger partial charge >= 0.3 is 0 Å². The lowest BCUT2D eigenvalue weighted by Gasteiger charge is -2.32. The maximum atomic E-state index is 13.0. The summed E-state index contributed by atoms with van der Waals surface area (Å²) in [6.45, 7) is 1.76. The van der Waals surface area contributed by atoms with Gasteiger partial charge < -0.3 is 24.4 Å². The normalized spacial score (nSPS) is 15.7. The highest BCUT2D eigenvalue weighted by Crippen LogP contribution is 2.38. The van der Waals surface area contributed by atoms with Crippen LogP contribution in [0.3, 0.4) is 0 Å². The van der Waals surface area contributed by atoms with Crippen LogP contribution in [0.5, 0.6) is 17.2 Å². The van der Waals surface area contributed by atoms with Gasteiger partial charge in [-0.25, -0.2) is 19.6 Å². The molecular formula is C22H27N7O4. The van der Waals surface area contributed by atoms with Gasteiger partial charge in [0.25, 0.3) is 0 Å². The first-order chi connectivity index (χ1) is 16.1. The number of methoxy groups -OCH3 is 3. The van der Waals surface area contributed by atoms with Crippen LogP contribution in [0, 0.1) is 5.92 Å². The van der Waals surface area contributed by atoms with Crippen LogP contribution in [0.4, 0.5) is 5.82 Å². The summed E-state index contributed by atoms with van der Waals surface area (Å²) in [5.41, 5.74) is 0.860. The zero-order chi connectivity index (χ0) is 23.2. The Morgan fingerprint density at radius 2 is 1.82 bits per heavy atom. The quantitative estimate of drug-likeness (QED) is 0.543. The summed E-state index contributed by atoms with van der Waals surface area (Å²) in [4.78, 5) is 27.7. The van der Waals surface area contributed by atoms with E-state index in [1.165, 1.54) is 12.7 Å². The predicted molar refractivity (Wildman–Crippen MR) is 120 cm³/mol. The average Bonchev–Trinajstić information content (AvgIpc) is 3.42. The zero-order valence-corrected chi connectivity index (χ0v) is 18.9. The third-order valence-corrected chi connectivity index (χ3v) is 5.60. The Labute approximate surface area is 191 Å². The van der Waals surface area contributed by atoms with Gasteiger partial charge in [0, 0.05) is 25.7 Å². The molecule has 1 atom stereocenters. The van der Waals surface area contributed by atoms with Gasteiger partial charge in [0.15, 0.2) is 17.3 Å². The van der Waals surface area contributed by atoms with E-state index in [1.807, 2.05) is 18.2 Å². The highest BCUT2D eigenvalue weighted by molar-refractivity contribution is 5.79. The van der Waals surface area contributed by atoms with Crippen LogP contribution in [0.1, 0.15) is 18.4 Å². The Morgan fingerprint density at radius 3 is 2.48 bits per heavy atom. The Morgan fingerprint density at radius 1 is 1.06 bits per heavy atom. The topological polar surface area (TPSA) is 117 Å². The summed E-state index contributed by atoms with van der Waals surface area (Å²) in [7, 11) is 4.69. The van der Waals surface area contributed by atoms with E-state index >= 15 is 0 Å². The van der Waals surface area contributed by atoms with Crippen LogP contribution in [0.15, 0.2) is 37.2 Å². The minimum absolute atomic E-state index is 0.000919. The molecule has 3 heterocycles. The number of rotatable bonds is 8. The molecule has 0 aliphatic carbocycles. The summed E-state index contributed by atoms with van der Waals surface area (Å²) < 4.78 is 17.7. The fraction of sp³-hybridized carbons (Fsp3) is 0.409. The number of amides is 1. The lowest BCUT2D eigenvalue weighted by atomic mass is 9.97. The minimum atomic E-state index is -0.148. The monoisotopic (exact) mass is 453 g/mol. The molecule has 174 valence electrons. The Kier molecular flexibility index (Phi) is 6.86. The van der Waals surface area contributed by atoms with E-state index in [4.69, 9.17) is 14.2 Å². The second kappa shape index (κ2) is 10.2. The molecule has 0 radical (unpaired) electrons. The molecular weight excluding hydrogens is 426 g/mol. The highest BCUT2D eigenvalue weighted by atomic mass is 16.5. The highest BCUT2D eigenvalue weighted by Gasteiger charge is 2.27. The van der Waals surface area contributed by atoms with Crippen molar-refractivity contribution in [2.75, 3.05) is 39.3 Å². The fourth-order valence-electron chi connectivity index (χ4n) is 3.93. The van der Waals surface area contributed by atoms with Crippen molar-refractivity contribution in [3.05, 3.63) is 42.7 Å². The molecule has 11 nitrogen and oxygen atoms in total. The van der Waals surface area contributed by atoms with Gasteiger partial charge in [-0.15, -0.1) is 0 Å². The maximum Gasteiger partial charge on any atom is 0.225 e. The molecule has 1 unspecified atom stereocenters. The van der Waals surface area contributed by atoms with Crippen LogP contribution >= 0.6 is 0 Å². The van der Waals surface area contributed by atoms with Gasteiger partial charge in [-0.05, 0) is 30.5 Å². The van der Waals surface area contributed by atoms with Crippen LogP contribution < -0.4 is 24.4 Å². The van der Waals surface area contributed by atoms with Gasteiger partial charge in [0.2, 0.25) is 11.7 Å². The molecule has 1 saturated heterocycles. The lowest BCUT2D eigenvalue weighted by molar-refractivity contribution is -0.125. The minimum Gasteiger partial charge on any atom is -0.493 e. The van der Waals surface area contributed by atoms with Crippen LogP contribution in [0.25, 0.3) is 5.82 Å². The number of aromatic nitrogens is 5. The first-order valence-corrected chi connectivity index (χ1v) is 10.6. The van der Waals surface area contributed by atoms with Crippen molar-refractivity contribution in [2.45, 2.75) is 19.4 Å². The van der Waals surface area contributed by atoms with E-state index in [1.54, 1.807) is 32.3 Å². The maximum absolute atomic E-state index is 13.0. The number of ether oxygens (including phenoxy) is 3. The Hall–Kier alpha value is -3.89. The van der Waals surface area contributed by atoms with Gasteiger partial charge in [0.1, 0.15) is 24.8 Å². The zero-order valence-electron chi connectivity index (χ0n) is 18.9. The molecule has 0 spiro atoms. The number of carbonyl (C=O) groups is 1. The lowest BCUT2D eigenvalue weighted by Crippen LogP contribution is -2.43.